The summed E-state index contributed by atoms with van der Waals surface area (Å²) in [5.74, 6) is -0.278. The number of anilines is 2. The third-order valence-electron chi connectivity index (χ3n) is 4.04. The van der Waals surface area contributed by atoms with E-state index in [4.69, 9.17) is 17.2 Å². The van der Waals surface area contributed by atoms with Crippen molar-refractivity contribution < 1.29 is 4.39 Å². The molecule has 1 heterocycles. The van der Waals surface area contributed by atoms with Gasteiger partial charge >= 0.3 is 0 Å². The quantitative estimate of drug-likeness (QED) is 0.405. The maximum atomic E-state index is 13.0. The molecule has 0 atom stereocenters. The molecule has 134 valence electrons. The van der Waals surface area contributed by atoms with Crippen LogP contribution in [0, 0.1) is 12.7 Å². The predicted octanol–water partition coefficient (Wildman–Crippen LogP) is 6.22. The number of hydrogen-bond donors (Lipinski definition) is 2. The van der Waals surface area contributed by atoms with Gasteiger partial charge in [-0.2, -0.15) is 0 Å². The van der Waals surface area contributed by atoms with Crippen molar-refractivity contribution in [2.75, 3.05) is 10.6 Å². The van der Waals surface area contributed by atoms with Crippen LogP contribution in [0.15, 0.2) is 66.7 Å². The van der Waals surface area contributed by atoms with Gasteiger partial charge in [0.1, 0.15) is 10.8 Å². The Morgan fingerprint density at radius 1 is 0.926 bits per heavy atom. The zero-order valence-electron chi connectivity index (χ0n) is 14.5. The smallest absolute Gasteiger partial charge is 0.175 e. The lowest BCUT2D eigenvalue weighted by atomic mass is 10.2. The number of thiocarbonyl (C=S) groups is 1. The Morgan fingerprint density at radius 2 is 1.56 bits per heavy atom. The highest BCUT2D eigenvalue weighted by Gasteiger charge is 2.07. The molecule has 3 aromatic carbocycles. The first-order chi connectivity index (χ1) is 13.1. The van der Waals surface area contributed by atoms with Gasteiger partial charge < -0.3 is 10.6 Å². The summed E-state index contributed by atoms with van der Waals surface area (Å²) >= 11 is 6.99. The second-order valence-electron chi connectivity index (χ2n) is 6.15. The monoisotopic (exact) mass is 393 g/mol. The van der Waals surface area contributed by atoms with E-state index in [9.17, 15) is 4.39 Å². The molecular weight excluding hydrogens is 377 g/mol. The molecule has 0 aliphatic heterocycles. The van der Waals surface area contributed by atoms with Gasteiger partial charge in [-0.1, -0.05) is 6.07 Å². The molecule has 0 bridgehead atoms. The molecule has 0 amide bonds. The van der Waals surface area contributed by atoms with Crippen molar-refractivity contribution in [2.45, 2.75) is 6.92 Å². The molecule has 0 aliphatic rings. The van der Waals surface area contributed by atoms with E-state index in [0.717, 1.165) is 27.5 Å². The Bertz CT molecular complexity index is 1100. The molecule has 4 aromatic rings. The van der Waals surface area contributed by atoms with E-state index in [2.05, 4.69) is 35.8 Å². The molecule has 2 N–H and O–H groups in total. The van der Waals surface area contributed by atoms with Gasteiger partial charge in [0.15, 0.2) is 5.11 Å². The molecular formula is C21H16FN3S2. The summed E-state index contributed by atoms with van der Waals surface area (Å²) in [6.45, 7) is 2.09. The van der Waals surface area contributed by atoms with Gasteiger partial charge in [-0.25, -0.2) is 9.37 Å². The van der Waals surface area contributed by atoms with E-state index >= 15 is 0 Å². The average molecular weight is 394 g/mol. The highest BCUT2D eigenvalue weighted by atomic mass is 32.1. The molecule has 3 nitrogen and oxygen atoms in total. The van der Waals surface area contributed by atoms with E-state index in [0.29, 0.717) is 5.11 Å². The van der Waals surface area contributed by atoms with Crippen LogP contribution in [-0.4, -0.2) is 10.1 Å². The Balaban J connectivity index is 1.46. The fourth-order valence-corrected chi connectivity index (χ4v) is 3.98. The highest BCUT2D eigenvalue weighted by molar-refractivity contribution is 7.80. The van der Waals surface area contributed by atoms with Crippen LogP contribution in [0.5, 0.6) is 0 Å². The lowest BCUT2D eigenvalue weighted by Crippen LogP contribution is -2.18. The Morgan fingerprint density at radius 3 is 2.22 bits per heavy atom. The van der Waals surface area contributed by atoms with Gasteiger partial charge in [0.2, 0.25) is 0 Å². The lowest BCUT2D eigenvalue weighted by Gasteiger charge is -2.10. The van der Waals surface area contributed by atoms with Crippen molar-refractivity contribution in [1.29, 1.82) is 0 Å². The van der Waals surface area contributed by atoms with Gasteiger partial charge in [0.05, 0.1) is 10.2 Å². The molecule has 0 fully saturated rings. The van der Waals surface area contributed by atoms with Gasteiger partial charge in [-0.05, 0) is 85.4 Å². The van der Waals surface area contributed by atoms with Crippen LogP contribution in [0.2, 0.25) is 0 Å². The SMILES string of the molecule is Cc1ccc2nc(-c3ccc(NC(=S)Nc4ccc(F)cc4)cc3)sc2c1. The van der Waals surface area contributed by atoms with Crippen molar-refractivity contribution >= 4 is 50.3 Å². The zero-order chi connectivity index (χ0) is 18.8. The van der Waals surface area contributed by atoms with Gasteiger partial charge in [-0.3, -0.25) is 0 Å². The van der Waals surface area contributed by atoms with E-state index in [1.165, 1.54) is 22.4 Å². The van der Waals surface area contributed by atoms with Crippen molar-refractivity contribution in [2.24, 2.45) is 0 Å². The number of nitrogens with zero attached hydrogens (tertiary/aromatic N) is 1. The molecule has 1 aromatic heterocycles. The summed E-state index contributed by atoms with van der Waals surface area (Å²) in [5, 5.41) is 7.60. The third-order valence-corrected chi connectivity index (χ3v) is 5.31. The van der Waals surface area contributed by atoms with E-state index in [1.54, 1.807) is 23.5 Å². The standard InChI is InChI=1S/C21H16FN3S2/c1-13-2-11-18-19(12-13)27-20(25-18)14-3-7-16(8-4-14)23-21(26)24-17-9-5-15(22)6-10-17/h2-12H,1H3,(H2,23,24,26). The number of thiazole rings is 1. The molecule has 0 radical (unpaired) electrons. The van der Waals surface area contributed by atoms with Gasteiger partial charge in [-0.15, -0.1) is 11.3 Å². The van der Waals surface area contributed by atoms with Crippen LogP contribution in [0.3, 0.4) is 0 Å². The second-order valence-corrected chi connectivity index (χ2v) is 7.59. The Labute approximate surface area is 165 Å². The van der Waals surface area contributed by atoms with Crippen molar-refractivity contribution in [3.8, 4) is 10.6 Å². The summed E-state index contributed by atoms with van der Waals surface area (Å²) in [4.78, 5) is 4.71. The predicted molar refractivity (Wildman–Crippen MR) is 116 cm³/mol. The Kier molecular flexibility index (Phi) is 4.83. The molecule has 4 rings (SSSR count). The van der Waals surface area contributed by atoms with Crippen LogP contribution in [0.4, 0.5) is 15.8 Å². The first kappa shape index (κ1) is 17.6. The molecule has 27 heavy (non-hydrogen) atoms. The third kappa shape index (κ3) is 4.13. The largest absolute Gasteiger partial charge is 0.332 e. The molecule has 0 unspecified atom stereocenters. The van der Waals surface area contributed by atoms with Crippen LogP contribution >= 0.6 is 23.6 Å². The minimum absolute atomic E-state index is 0.278. The lowest BCUT2D eigenvalue weighted by molar-refractivity contribution is 0.628. The number of aryl methyl sites for hydroxylation is 1. The van der Waals surface area contributed by atoms with Crippen molar-refractivity contribution in [3.05, 3.63) is 78.1 Å². The fourth-order valence-electron chi connectivity index (χ4n) is 2.68. The molecule has 0 saturated carbocycles. The summed E-state index contributed by atoms with van der Waals surface area (Å²) in [7, 11) is 0. The van der Waals surface area contributed by atoms with Crippen molar-refractivity contribution in [1.82, 2.24) is 4.98 Å². The Hall–Kier alpha value is -2.83. The van der Waals surface area contributed by atoms with E-state index in [-0.39, 0.29) is 5.82 Å². The molecule has 6 heteroatoms. The fraction of sp³-hybridized carbons (Fsp3) is 0.0476. The zero-order valence-corrected chi connectivity index (χ0v) is 16.1. The first-order valence-corrected chi connectivity index (χ1v) is 9.60. The number of fused-ring (bicyclic) bond motifs is 1. The number of hydrogen-bond acceptors (Lipinski definition) is 3. The van der Waals surface area contributed by atoms with E-state index in [1.807, 2.05) is 24.3 Å². The van der Waals surface area contributed by atoms with Crippen LogP contribution in [0.25, 0.3) is 20.8 Å². The summed E-state index contributed by atoms with van der Waals surface area (Å²) < 4.78 is 14.1. The number of halogens is 1. The molecule has 0 spiro atoms. The molecule has 0 aliphatic carbocycles. The van der Waals surface area contributed by atoms with Crippen LogP contribution in [0.1, 0.15) is 5.56 Å². The minimum atomic E-state index is -0.278. The van der Waals surface area contributed by atoms with Crippen molar-refractivity contribution in [3.63, 3.8) is 0 Å². The van der Waals surface area contributed by atoms with Crippen LogP contribution in [-0.2, 0) is 0 Å². The number of benzene rings is 3. The second kappa shape index (κ2) is 7.42. The highest BCUT2D eigenvalue weighted by Crippen LogP contribution is 2.31. The van der Waals surface area contributed by atoms with Gasteiger partial charge in [0.25, 0.3) is 0 Å². The minimum Gasteiger partial charge on any atom is -0.332 e. The average Bonchev–Trinajstić information content (AvgIpc) is 3.07. The van der Waals surface area contributed by atoms with Crippen LogP contribution < -0.4 is 10.6 Å². The summed E-state index contributed by atoms with van der Waals surface area (Å²) in [6, 6.07) is 20.3. The molecule has 0 saturated heterocycles. The topological polar surface area (TPSA) is 37.0 Å². The number of rotatable bonds is 3. The summed E-state index contributed by atoms with van der Waals surface area (Å²) in [6.07, 6.45) is 0. The number of nitrogens with one attached hydrogen (secondary N) is 2. The maximum absolute atomic E-state index is 13.0. The summed E-state index contributed by atoms with van der Waals surface area (Å²) in [5.41, 5.74) is 4.93. The first-order valence-electron chi connectivity index (χ1n) is 8.38. The number of aromatic nitrogens is 1. The van der Waals surface area contributed by atoms with Gasteiger partial charge in [0, 0.05) is 16.9 Å². The van der Waals surface area contributed by atoms with E-state index < -0.39 is 0 Å². The maximum Gasteiger partial charge on any atom is 0.175 e. The normalized spacial score (nSPS) is 10.7.